The summed E-state index contributed by atoms with van der Waals surface area (Å²) in [7, 11) is 0. The topological polar surface area (TPSA) is 73.3 Å². The molecule has 4 heteroatoms. The van der Waals surface area contributed by atoms with E-state index in [0.717, 1.165) is 35.1 Å². The molecule has 1 saturated heterocycles. The van der Waals surface area contributed by atoms with Crippen molar-refractivity contribution in [3.8, 4) is 0 Å². The molecule has 0 spiro atoms. The Kier molecular flexibility index (Phi) is 6.38. The minimum absolute atomic E-state index is 0.0197. The van der Waals surface area contributed by atoms with Gasteiger partial charge < -0.3 is 5.73 Å². The average molecular weight is 325 g/mol. The van der Waals surface area contributed by atoms with Gasteiger partial charge in [-0.15, -0.1) is 0 Å². The monoisotopic (exact) mass is 325 g/mol. The number of rotatable bonds is 3. The zero-order valence-electron chi connectivity index (χ0n) is 14.4. The molecule has 0 aromatic heterocycles. The lowest BCUT2D eigenvalue weighted by Crippen LogP contribution is -2.22. The van der Waals surface area contributed by atoms with Crippen LogP contribution in [-0.2, 0) is 6.42 Å². The van der Waals surface area contributed by atoms with Crippen LogP contribution in [0.15, 0.2) is 54.6 Å². The zero-order valence-corrected chi connectivity index (χ0v) is 14.4. The number of nitrogens with one attached hydrogen (secondary N) is 1. The van der Waals surface area contributed by atoms with Gasteiger partial charge in [0, 0.05) is 12.1 Å². The fraction of sp³-hybridized carbons (Fsp3) is 0.350. The maximum absolute atomic E-state index is 9.52. The maximum atomic E-state index is 9.52. The Labute approximate surface area is 144 Å². The molecule has 1 fully saturated rings. The van der Waals surface area contributed by atoms with Crippen LogP contribution in [0.1, 0.15) is 43.9 Å². The highest BCUT2D eigenvalue weighted by Gasteiger charge is 2.27. The Hall–Kier alpha value is -2.33. The quantitative estimate of drug-likeness (QED) is 0.719. The molecular weight excluding hydrogens is 298 g/mol. The van der Waals surface area contributed by atoms with Crippen molar-refractivity contribution in [2.75, 3.05) is 5.73 Å². The van der Waals surface area contributed by atoms with E-state index in [-0.39, 0.29) is 6.04 Å². The third kappa shape index (κ3) is 5.10. The Morgan fingerprint density at radius 1 is 1.12 bits per heavy atom. The highest BCUT2D eigenvalue weighted by molar-refractivity contribution is 5.80. The van der Waals surface area contributed by atoms with Gasteiger partial charge in [-0.3, -0.25) is 10.6 Å². The average Bonchev–Trinajstić information content (AvgIpc) is 2.90. The normalized spacial score (nSPS) is 16.9. The second kappa shape index (κ2) is 8.50. The molecule has 4 N–H and O–H groups in total. The molecule has 4 nitrogen and oxygen atoms in total. The van der Waals surface area contributed by atoms with E-state index >= 15 is 0 Å². The number of hydrogen-bond donors (Lipinski definition) is 3. The van der Waals surface area contributed by atoms with E-state index in [4.69, 9.17) is 11.1 Å². The summed E-state index contributed by atoms with van der Waals surface area (Å²) >= 11 is 0. The van der Waals surface area contributed by atoms with E-state index < -0.39 is 0 Å². The number of nitrogens with two attached hydrogens (primary N) is 1. The van der Waals surface area contributed by atoms with Crippen LogP contribution in [0.5, 0.6) is 0 Å². The van der Waals surface area contributed by atoms with Crippen LogP contribution >= 0.6 is 0 Å². The fourth-order valence-electron chi connectivity index (χ4n) is 2.81. The third-order valence-corrected chi connectivity index (χ3v) is 4.03. The second-order valence-corrected chi connectivity index (χ2v) is 6.60. The summed E-state index contributed by atoms with van der Waals surface area (Å²) in [6, 6.07) is 17.9. The van der Waals surface area contributed by atoms with E-state index in [1.54, 1.807) is 0 Å². The highest BCUT2D eigenvalue weighted by Crippen LogP contribution is 2.30. The molecule has 2 aromatic rings. The number of nitrogens with zero attached hydrogens (tertiary/aromatic N) is 1. The van der Waals surface area contributed by atoms with Gasteiger partial charge in [0.05, 0.1) is 6.04 Å². The van der Waals surface area contributed by atoms with Crippen LogP contribution in [0.2, 0.25) is 0 Å². The first-order chi connectivity index (χ1) is 11.5. The van der Waals surface area contributed by atoms with Gasteiger partial charge in [0.2, 0.25) is 0 Å². The first kappa shape index (κ1) is 18.0. The maximum Gasteiger partial charge on any atom is 0.121 e. The summed E-state index contributed by atoms with van der Waals surface area (Å²) in [5.41, 5.74) is 8.85. The Morgan fingerprint density at radius 3 is 2.25 bits per heavy atom. The van der Waals surface area contributed by atoms with Gasteiger partial charge in [0.15, 0.2) is 0 Å². The molecule has 1 aliphatic heterocycles. The van der Waals surface area contributed by atoms with Crippen molar-refractivity contribution < 1.29 is 5.21 Å². The largest absolute Gasteiger partial charge is 0.399 e. The van der Waals surface area contributed by atoms with Gasteiger partial charge in [-0.1, -0.05) is 56.3 Å². The molecule has 2 aromatic carbocycles. The molecule has 24 heavy (non-hydrogen) atoms. The predicted molar refractivity (Wildman–Crippen MR) is 99.2 cm³/mol. The van der Waals surface area contributed by atoms with E-state index in [9.17, 15) is 5.21 Å². The lowest BCUT2D eigenvalue weighted by atomic mass is 10.0. The number of benzene rings is 2. The molecule has 0 bridgehead atoms. The molecule has 3 rings (SSSR count). The molecule has 0 aliphatic carbocycles. The van der Waals surface area contributed by atoms with Gasteiger partial charge in [-0.25, -0.2) is 5.06 Å². The van der Waals surface area contributed by atoms with Gasteiger partial charge in [-0.2, -0.15) is 0 Å². The highest BCUT2D eigenvalue weighted by atomic mass is 16.5. The molecule has 1 aliphatic rings. The second-order valence-electron chi connectivity index (χ2n) is 6.60. The third-order valence-electron chi connectivity index (χ3n) is 4.03. The fourth-order valence-corrected chi connectivity index (χ4v) is 2.81. The van der Waals surface area contributed by atoms with Crippen molar-refractivity contribution in [3.63, 3.8) is 0 Å². The zero-order chi connectivity index (χ0) is 17.5. The molecule has 0 saturated carbocycles. The van der Waals surface area contributed by atoms with Crippen LogP contribution in [0.4, 0.5) is 5.69 Å². The number of hydrogen-bond acceptors (Lipinski definition) is 3. The van der Waals surface area contributed by atoms with Crippen molar-refractivity contribution in [2.45, 2.75) is 39.2 Å². The summed E-state index contributed by atoms with van der Waals surface area (Å²) in [6.45, 7) is 4.44. The summed E-state index contributed by atoms with van der Waals surface area (Å²) in [5.74, 6) is 1.03. The van der Waals surface area contributed by atoms with Crippen molar-refractivity contribution in [1.82, 2.24) is 5.06 Å². The van der Waals surface area contributed by atoms with Gasteiger partial charge in [0.1, 0.15) is 5.84 Å². The summed E-state index contributed by atoms with van der Waals surface area (Å²) in [6.07, 6.45) is 2.63. The number of nitrogen functional groups attached to an aromatic ring is 1. The van der Waals surface area contributed by atoms with Crippen molar-refractivity contribution in [2.24, 2.45) is 5.92 Å². The van der Waals surface area contributed by atoms with Gasteiger partial charge >= 0.3 is 0 Å². The van der Waals surface area contributed by atoms with Crippen LogP contribution in [0, 0.1) is 11.3 Å². The Morgan fingerprint density at radius 2 is 1.75 bits per heavy atom. The smallest absolute Gasteiger partial charge is 0.121 e. The molecule has 1 atom stereocenters. The summed E-state index contributed by atoms with van der Waals surface area (Å²) < 4.78 is 0. The van der Waals surface area contributed by atoms with Crippen LogP contribution < -0.4 is 5.73 Å². The molecule has 1 heterocycles. The standard InChI is InChI=1S/C10H12N2O.C10H15N/c11-10-7-6-9(12(10)13)8-4-2-1-3-5-8;1-8(2)7-9-3-5-10(11)6-4-9/h1-5,9,11,13H,6-7H2;3-6,8H,7,11H2,1-2H3/t9-;/m0./s1. The molecule has 0 unspecified atom stereocenters. The summed E-state index contributed by atoms with van der Waals surface area (Å²) in [5, 5.41) is 18.0. The first-order valence-electron chi connectivity index (χ1n) is 8.42. The predicted octanol–water partition coefficient (Wildman–Crippen LogP) is 4.66. The van der Waals surface area contributed by atoms with Crippen LogP contribution in [0.3, 0.4) is 0 Å². The van der Waals surface area contributed by atoms with Gasteiger partial charge in [0.25, 0.3) is 0 Å². The lowest BCUT2D eigenvalue weighted by Gasteiger charge is -2.18. The van der Waals surface area contributed by atoms with Crippen molar-refractivity contribution in [3.05, 3.63) is 65.7 Å². The van der Waals surface area contributed by atoms with E-state index in [1.165, 1.54) is 5.56 Å². The number of amidine groups is 1. The molecule has 128 valence electrons. The first-order valence-corrected chi connectivity index (χ1v) is 8.42. The van der Waals surface area contributed by atoms with E-state index in [2.05, 4.69) is 26.0 Å². The number of anilines is 1. The van der Waals surface area contributed by atoms with Crippen molar-refractivity contribution >= 4 is 11.5 Å². The lowest BCUT2D eigenvalue weighted by molar-refractivity contribution is -0.0438. The Balaban J connectivity index is 0.000000177. The molecule has 0 amide bonds. The van der Waals surface area contributed by atoms with Gasteiger partial charge in [-0.05, 0) is 42.0 Å². The van der Waals surface area contributed by atoms with E-state index in [0.29, 0.717) is 12.3 Å². The van der Waals surface area contributed by atoms with Crippen LogP contribution in [0.25, 0.3) is 0 Å². The minimum Gasteiger partial charge on any atom is -0.399 e. The minimum atomic E-state index is -0.0197. The Bertz CT molecular complexity index is 638. The van der Waals surface area contributed by atoms with E-state index in [1.807, 2.05) is 42.5 Å². The summed E-state index contributed by atoms with van der Waals surface area (Å²) in [4.78, 5) is 0. The molecular formula is C20H27N3O. The van der Waals surface area contributed by atoms with Crippen molar-refractivity contribution in [1.29, 1.82) is 5.41 Å². The number of hydroxylamine groups is 2. The SMILES string of the molecule is CC(C)Cc1ccc(N)cc1.N=C1CC[C@@H](c2ccccc2)N1O. The van der Waals surface area contributed by atoms with Crippen LogP contribution in [-0.4, -0.2) is 16.1 Å². The molecule has 0 radical (unpaired) electrons.